The lowest BCUT2D eigenvalue weighted by molar-refractivity contribution is 0.0687. The molecule has 4 aromatic rings. The van der Waals surface area contributed by atoms with Crippen LogP contribution < -0.4 is 0 Å². The minimum absolute atomic E-state index is 0.0793. The van der Waals surface area contributed by atoms with Crippen LogP contribution >= 0.6 is 0 Å². The van der Waals surface area contributed by atoms with Gasteiger partial charge in [-0.2, -0.15) is 5.10 Å². The SMILES string of the molecule is CCc1ccc(-c2[nH]nc3nc(-c4ccc(C(=O)O)cc4)cc(C(=O)O)c23)cc1. The molecule has 144 valence electrons. The number of H-pyrrole nitrogens is 1. The van der Waals surface area contributed by atoms with E-state index in [0.29, 0.717) is 22.3 Å². The largest absolute Gasteiger partial charge is 0.478 e. The third-order valence-corrected chi connectivity index (χ3v) is 4.83. The summed E-state index contributed by atoms with van der Waals surface area (Å²) in [4.78, 5) is 27.5. The minimum Gasteiger partial charge on any atom is -0.478 e. The standard InChI is InChI=1S/C22H17N3O4/c1-2-12-3-5-14(6-4-12)19-18-16(22(28)29)11-17(23-20(18)25-24-19)13-7-9-15(10-8-13)21(26)27/h3-11H,2H2,1H3,(H,26,27)(H,28,29)(H,23,24,25). The average molecular weight is 387 g/mol. The quantitative estimate of drug-likeness (QED) is 0.471. The molecule has 0 unspecified atom stereocenters. The van der Waals surface area contributed by atoms with Crippen LogP contribution in [0.3, 0.4) is 0 Å². The van der Waals surface area contributed by atoms with Crippen LogP contribution in [0, 0.1) is 0 Å². The number of carbonyl (C=O) groups is 2. The first-order valence-corrected chi connectivity index (χ1v) is 9.03. The lowest BCUT2D eigenvalue weighted by Crippen LogP contribution is -2.01. The number of carboxylic acids is 2. The molecule has 0 amide bonds. The summed E-state index contributed by atoms with van der Waals surface area (Å²) in [5.41, 5.74) is 4.13. The predicted molar refractivity (Wildman–Crippen MR) is 108 cm³/mol. The van der Waals surface area contributed by atoms with E-state index in [1.807, 2.05) is 24.3 Å². The van der Waals surface area contributed by atoms with Crippen LogP contribution in [-0.4, -0.2) is 37.3 Å². The summed E-state index contributed by atoms with van der Waals surface area (Å²) in [5, 5.41) is 26.4. The number of aromatic carboxylic acids is 2. The molecular weight excluding hydrogens is 370 g/mol. The summed E-state index contributed by atoms with van der Waals surface area (Å²) in [6, 6.07) is 15.4. The lowest BCUT2D eigenvalue weighted by Gasteiger charge is -2.06. The number of nitrogens with zero attached hydrogens (tertiary/aromatic N) is 2. The Labute approximate surface area is 165 Å². The molecule has 3 N–H and O–H groups in total. The highest BCUT2D eigenvalue weighted by Crippen LogP contribution is 2.31. The molecule has 7 heteroatoms. The number of pyridine rings is 1. The number of benzene rings is 2. The second-order valence-corrected chi connectivity index (χ2v) is 6.59. The van der Waals surface area contributed by atoms with Gasteiger partial charge in [-0.1, -0.05) is 43.3 Å². The number of fused-ring (bicyclic) bond motifs is 1. The highest BCUT2D eigenvalue weighted by molar-refractivity contribution is 6.08. The molecule has 0 aliphatic rings. The normalized spacial score (nSPS) is 10.9. The van der Waals surface area contributed by atoms with Gasteiger partial charge in [0.25, 0.3) is 0 Å². The fourth-order valence-corrected chi connectivity index (χ4v) is 3.24. The van der Waals surface area contributed by atoms with Gasteiger partial charge < -0.3 is 10.2 Å². The zero-order valence-electron chi connectivity index (χ0n) is 15.5. The Balaban J connectivity index is 1.86. The second-order valence-electron chi connectivity index (χ2n) is 6.59. The summed E-state index contributed by atoms with van der Waals surface area (Å²) >= 11 is 0. The molecule has 0 saturated carbocycles. The van der Waals surface area contributed by atoms with E-state index in [1.165, 1.54) is 23.8 Å². The van der Waals surface area contributed by atoms with Crippen LogP contribution in [0.5, 0.6) is 0 Å². The Morgan fingerprint density at radius 3 is 2.17 bits per heavy atom. The number of carboxylic acid groups (broad SMARTS) is 2. The maximum Gasteiger partial charge on any atom is 0.336 e. The maximum atomic E-state index is 12.0. The van der Waals surface area contributed by atoms with Crippen LogP contribution in [0.4, 0.5) is 0 Å². The summed E-state index contributed by atoms with van der Waals surface area (Å²) in [5.74, 6) is -2.12. The highest BCUT2D eigenvalue weighted by Gasteiger charge is 2.20. The molecule has 2 aromatic heterocycles. The lowest BCUT2D eigenvalue weighted by atomic mass is 10.0. The topological polar surface area (TPSA) is 116 Å². The third kappa shape index (κ3) is 3.34. The zero-order chi connectivity index (χ0) is 20.5. The second kappa shape index (κ2) is 7.20. The van der Waals surface area contributed by atoms with Crippen molar-refractivity contribution in [3.05, 3.63) is 71.3 Å². The summed E-state index contributed by atoms with van der Waals surface area (Å²) in [6.07, 6.45) is 0.913. The number of hydrogen-bond acceptors (Lipinski definition) is 4. The fourth-order valence-electron chi connectivity index (χ4n) is 3.24. The van der Waals surface area contributed by atoms with Crippen molar-refractivity contribution in [2.75, 3.05) is 0 Å². The predicted octanol–water partition coefficient (Wildman–Crippen LogP) is 4.25. The summed E-state index contributed by atoms with van der Waals surface area (Å²) in [7, 11) is 0. The monoisotopic (exact) mass is 387 g/mol. The van der Waals surface area contributed by atoms with Crippen LogP contribution in [0.1, 0.15) is 33.2 Å². The Morgan fingerprint density at radius 1 is 0.931 bits per heavy atom. The van der Waals surface area contributed by atoms with Crippen molar-refractivity contribution >= 4 is 23.0 Å². The first-order chi connectivity index (χ1) is 14.0. The smallest absolute Gasteiger partial charge is 0.336 e. The van der Waals surface area contributed by atoms with Crippen molar-refractivity contribution in [3.8, 4) is 22.5 Å². The maximum absolute atomic E-state index is 12.0. The molecule has 7 nitrogen and oxygen atoms in total. The Bertz CT molecular complexity index is 1230. The van der Waals surface area contributed by atoms with Crippen molar-refractivity contribution in [1.29, 1.82) is 0 Å². The molecule has 2 aromatic carbocycles. The van der Waals surface area contributed by atoms with E-state index >= 15 is 0 Å². The van der Waals surface area contributed by atoms with Crippen molar-refractivity contribution in [1.82, 2.24) is 15.2 Å². The van der Waals surface area contributed by atoms with Gasteiger partial charge in [-0.05, 0) is 30.2 Å². The summed E-state index contributed by atoms with van der Waals surface area (Å²) < 4.78 is 0. The van der Waals surface area contributed by atoms with Gasteiger partial charge in [0, 0.05) is 11.1 Å². The number of aryl methyl sites for hydroxylation is 1. The van der Waals surface area contributed by atoms with E-state index in [9.17, 15) is 14.7 Å². The number of aromatic amines is 1. The first-order valence-electron chi connectivity index (χ1n) is 9.03. The number of hydrogen-bond donors (Lipinski definition) is 3. The molecule has 4 rings (SSSR count). The fraction of sp³-hybridized carbons (Fsp3) is 0.0909. The molecule has 0 bridgehead atoms. The van der Waals surface area contributed by atoms with E-state index in [4.69, 9.17) is 5.11 Å². The van der Waals surface area contributed by atoms with E-state index in [2.05, 4.69) is 22.1 Å². The molecule has 0 radical (unpaired) electrons. The van der Waals surface area contributed by atoms with Gasteiger partial charge in [0.05, 0.1) is 27.9 Å². The van der Waals surface area contributed by atoms with Gasteiger partial charge in [-0.15, -0.1) is 0 Å². The van der Waals surface area contributed by atoms with Crippen molar-refractivity contribution in [2.45, 2.75) is 13.3 Å². The Kier molecular flexibility index (Phi) is 4.56. The van der Waals surface area contributed by atoms with Gasteiger partial charge in [-0.25, -0.2) is 14.6 Å². The molecular formula is C22H17N3O4. The van der Waals surface area contributed by atoms with Gasteiger partial charge in [0.1, 0.15) is 0 Å². The molecule has 0 atom stereocenters. The highest BCUT2D eigenvalue weighted by atomic mass is 16.4. The number of aromatic nitrogens is 3. The van der Waals surface area contributed by atoms with Crippen molar-refractivity contribution in [3.63, 3.8) is 0 Å². The first kappa shape index (κ1) is 18.4. The van der Waals surface area contributed by atoms with Gasteiger partial charge in [0.2, 0.25) is 0 Å². The molecule has 0 aliphatic heterocycles. The molecule has 0 saturated heterocycles. The molecule has 0 aliphatic carbocycles. The molecule has 0 fully saturated rings. The van der Waals surface area contributed by atoms with Crippen LogP contribution in [0.2, 0.25) is 0 Å². The van der Waals surface area contributed by atoms with Gasteiger partial charge in [-0.3, -0.25) is 5.10 Å². The number of rotatable bonds is 5. The summed E-state index contributed by atoms with van der Waals surface area (Å²) in [6.45, 7) is 2.07. The molecule has 29 heavy (non-hydrogen) atoms. The van der Waals surface area contributed by atoms with Crippen LogP contribution in [-0.2, 0) is 6.42 Å². The molecule has 2 heterocycles. The van der Waals surface area contributed by atoms with Gasteiger partial charge >= 0.3 is 11.9 Å². The van der Waals surface area contributed by atoms with E-state index < -0.39 is 11.9 Å². The number of nitrogens with one attached hydrogen (secondary N) is 1. The van der Waals surface area contributed by atoms with Crippen molar-refractivity contribution in [2.24, 2.45) is 0 Å². The van der Waals surface area contributed by atoms with Crippen LogP contribution in [0.15, 0.2) is 54.6 Å². The molecule has 0 spiro atoms. The van der Waals surface area contributed by atoms with E-state index in [-0.39, 0.29) is 16.8 Å². The van der Waals surface area contributed by atoms with Gasteiger partial charge in [0.15, 0.2) is 5.65 Å². The third-order valence-electron chi connectivity index (χ3n) is 4.83. The average Bonchev–Trinajstić information content (AvgIpc) is 3.17. The minimum atomic E-state index is -1.09. The van der Waals surface area contributed by atoms with E-state index in [1.54, 1.807) is 12.1 Å². The Hall–Kier alpha value is -4.00. The Morgan fingerprint density at radius 2 is 1.59 bits per heavy atom. The van der Waals surface area contributed by atoms with E-state index in [0.717, 1.165) is 12.0 Å². The van der Waals surface area contributed by atoms with Crippen molar-refractivity contribution < 1.29 is 19.8 Å². The van der Waals surface area contributed by atoms with Crippen LogP contribution in [0.25, 0.3) is 33.5 Å². The zero-order valence-corrected chi connectivity index (χ0v) is 15.5.